The number of hydrogen-bond donors (Lipinski definition) is 0. The zero-order chi connectivity index (χ0) is 13.8. The third kappa shape index (κ3) is 2.52. The molecule has 0 bridgehead atoms. The molecular weight excluding hydrogens is 250 g/mol. The Kier molecular flexibility index (Phi) is 3.70. The molecule has 2 heterocycles. The summed E-state index contributed by atoms with van der Waals surface area (Å²) in [6, 6.07) is 6.73. The van der Waals surface area contributed by atoms with E-state index in [4.69, 9.17) is 4.42 Å². The van der Waals surface area contributed by atoms with Crippen molar-refractivity contribution in [3.63, 3.8) is 0 Å². The van der Waals surface area contributed by atoms with Gasteiger partial charge in [-0.2, -0.15) is 0 Å². The van der Waals surface area contributed by atoms with E-state index in [0.717, 1.165) is 0 Å². The van der Waals surface area contributed by atoms with Gasteiger partial charge in [-0.3, -0.25) is 4.79 Å². The van der Waals surface area contributed by atoms with Gasteiger partial charge in [0.05, 0.1) is 26.2 Å². The largest absolute Gasteiger partial charge is 0.468 e. The van der Waals surface area contributed by atoms with Crippen molar-refractivity contribution in [1.29, 1.82) is 0 Å². The molecule has 19 heavy (non-hydrogen) atoms. The number of nitrogens with zero attached hydrogens (tertiary/aromatic N) is 1. The lowest BCUT2D eigenvalue weighted by molar-refractivity contribution is -0.141. The Morgan fingerprint density at radius 2 is 2.00 bits per heavy atom. The van der Waals surface area contributed by atoms with E-state index >= 15 is 0 Å². The molecule has 2 aromatic rings. The molecule has 2 rings (SSSR count). The number of furan rings is 1. The van der Waals surface area contributed by atoms with Crippen molar-refractivity contribution in [2.75, 3.05) is 14.2 Å². The van der Waals surface area contributed by atoms with E-state index < -0.39 is 11.9 Å². The van der Waals surface area contributed by atoms with Crippen LogP contribution in [-0.2, 0) is 20.8 Å². The normalized spacial score (nSPS) is 10.2. The van der Waals surface area contributed by atoms with Crippen molar-refractivity contribution in [2.24, 2.45) is 0 Å². The molecule has 0 fully saturated rings. The highest BCUT2D eigenvalue weighted by molar-refractivity contribution is 5.89. The first kappa shape index (κ1) is 12.9. The third-order valence-electron chi connectivity index (χ3n) is 2.66. The highest BCUT2D eigenvalue weighted by Crippen LogP contribution is 2.23. The molecule has 0 aliphatic heterocycles. The summed E-state index contributed by atoms with van der Waals surface area (Å²) in [5, 5.41) is 0. The maximum absolute atomic E-state index is 11.7. The van der Waals surface area contributed by atoms with Crippen LogP contribution in [0.1, 0.15) is 10.5 Å². The van der Waals surface area contributed by atoms with Crippen molar-refractivity contribution in [3.05, 3.63) is 36.2 Å². The minimum Gasteiger partial charge on any atom is -0.468 e. The van der Waals surface area contributed by atoms with Gasteiger partial charge in [0.25, 0.3) is 0 Å². The van der Waals surface area contributed by atoms with Crippen LogP contribution in [0.5, 0.6) is 0 Å². The lowest BCUT2D eigenvalue weighted by atomic mass is 10.3. The summed E-state index contributed by atoms with van der Waals surface area (Å²) in [5.41, 5.74) is 0.870. The van der Waals surface area contributed by atoms with Gasteiger partial charge in [-0.1, -0.05) is 0 Å². The fraction of sp³-hybridized carbons (Fsp3) is 0.231. The Labute approximate surface area is 109 Å². The van der Waals surface area contributed by atoms with Gasteiger partial charge in [-0.25, -0.2) is 4.79 Å². The molecule has 0 saturated carbocycles. The molecule has 6 nitrogen and oxygen atoms in total. The average molecular weight is 263 g/mol. The number of carbonyl (C=O) groups excluding carboxylic acids is 2. The maximum Gasteiger partial charge on any atom is 0.354 e. The van der Waals surface area contributed by atoms with Gasteiger partial charge in [-0.05, 0) is 24.3 Å². The number of aromatic nitrogens is 1. The molecule has 0 N–H and O–H groups in total. The highest BCUT2D eigenvalue weighted by Gasteiger charge is 2.19. The van der Waals surface area contributed by atoms with Crippen molar-refractivity contribution < 1.29 is 23.5 Å². The van der Waals surface area contributed by atoms with Crippen molar-refractivity contribution in [2.45, 2.75) is 6.54 Å². The van der Waals surface area contributed by atoms with E-state index in [9.17, 15) is 9.59 Å². The van der Waals surface area contributed by atoms with Crippen LogP contribution in [0.4, 0.5) is 0 Å². The zero-order valence-corrected chi connectivity index (χ0v) is 10.6. The number of methoxy groups -OCH3 is 2. The van der Waals surface area contributed by atoms with Crippen LogP contribution in [-0.4, -0.2) is 30.7 Å². The second-order valence-corrected chi connectivity index (χ2v) is 3.73. The van der Waals surface area contributed by atoms with Crippen LogP contribution in [0.25, 0.3) is 11.5 Å². The highest BCUT2D eigenvalue weighted by atomic mass is 16.5. The fourth-order valence-electron chi connectivity index (χ4n) is 1.75. The third-order valence-corrected chi connectivity index (χ3v) is 2.66. The van der Waals surface area contributed by atoms with Gasteiger partial charge >= 0.3 is 11.9 Å². The molecule has 0 aliphatic rings. The maximum atomic E-state index is 11.7. The standard InChI is InChI=1S/C13H13NO5/c1-17-12(15)8-14-9(11-4-3-7-19-11)5-6-10(14)13(16)18-2/h3-7H,8H2,1-2H3. The monoisotopic (exact) mass is 263 g/mol. The van der Waals surface area contributed by atoms with Gasteiger partial charge in [0, 0.05) is 0 Å². The molecule has 0 saturated heterocycles. The zero-order valence-electron chi connectivity index (χ0n) is 10.6. The van der Waals surface area contributed by atoms with Crippen LogP contribution in [0.2, 0.25) is 0 Å². The second-order valence-electron chi connectivity index (χ2n) is 3.73. The molecule has 0 spiro atoms. The molecule has 100 valence electrons. The summed E-state index contributed by atoms with van der Waals surface area (Å²) in [6.45, 7) is -0.0933. The first-order chi connectivity index (χ1) is 9.17. The second kappa shape index (κ2) is 5.43. The summed E-state index contributed by atoms with van der Waals surface area (Å²) in [5.74, 6) is -0.435. The molecule has 0 aliphatic carbocycles. The predicted octanol–water partition coefficient (Wildman–Crippen LogP) is 1.71. The number of hydrogen-bond acceptors (Lipinski definition) is 5. The van der Waals surface area contributed by atoms with Gasteiger partial charge in [0.1, 0.15) is 18.0 Å². The summed E-state index contributed by atoms with van der Waals surface area (Å²) in [4.78, 5) is 23.1. The molecule has 0 amide bonds. The van der Waals surface area contributed by atoms with Gasteiger partial charge in [0.15, 0.2) is 0 Å². The molecular formula is C13H13NO5. The summed E-state index contributed by atoms with van der Waals surface area (Å²) >= 11 is 0. The van der Waals surface area contributed by atoms with E-state index in [2.05, 4.69) is 9.47 Å². The minimum atomic E-state index is -0.526. The van der Waals surface area contributed by atoms with Crippen LogP contribution in [0, 0.1) is 0 Å². The Morgan fingerprint density at radius 1 is 1.21 bits per heavy atom. The molecule has 0 radical (unpaired) electrons. The molecule has 2 aromatic heterocycles. The summed E-state index contributed by atoms with van der Waals surface area (Å²) < 4.78 is 16.1. The number of carbonyl (C=O) groups is 2. The quantitative estimate of drug-likeness (QED) is 0.785. The Bertz CT molecular complexity index is 582. The Balaban J connectivity index is 2.46. The van der Waals surface area contributed by atoms with Gasteiger partial charge < -0.3 is 18.5 Å². The van der Waals surface area contributed by atoms with E-state index in [-0.39, 0.29) is 12.2 Å². The number of ether oxygens (including phenoxy) is 2. The first-order valence-corrected chi connectivity index (χ1v) is 5.56. The van der Waals surface area contributed by atoms with Crippen molar-refractivity contribution in [3.8, 4) is 11.5 Å². The summed E-state index contributed by atoms with van der Waals surface area (Å²) in [7, 11) is 2.57. The van der Waals surface area contributed by atoms with E-state index in [1.165, 1.54) is 25.0 Å². The molecule has 6 heteroatoms. The lowest BCUT2D eigenvalue weighted by Crippen LogP contribution is -2.17. The number of esters is 2. The lowest BCUT2D eigenvalue weighted by Gasteiger charge is -2.09. The van der Waals surface area contributed by atoms with E-state index in [1.807, 2.05) is 0 Å². The smallest absolute Gasteiger partial charge is 0.354 e. The average Bonchev–Trinajstić information content (AvgIpc) is 3.06. The van der Waals surface area contributed by atoms with E-state index in [0.29, 0.717) is 11.5 Å². The number of rotatable bonds is 4. The van der Waals surface area contributed by atoms with Gasteiger partial charge in [0.2, 0.25) is 0 Å². The first-order valence-electron chi connectivity index (χ1n) is 5.56. The van der Waals surface area contributed by atoms with Crippen LogP contribution in [0.15, 0.2) is 34.9 Å². The van der Waals surface area contributed by atoms with E-state index in [1.54, 1.807) is 24.3 Å². The predicted molar refractivity (Wildman–Crippen MR) is 65.5 cm³/mol. The van der Waals surface area contributed by atoms with Crippen molar-refractivity contribution >= 4 is 11.9 Å². The van der Waals surface area contributed by atoms with Crippen molar-refractivity contribution in [1.82, 2.24) is 4.57 Å². The fourth-order valence-corrected chi connectivity index (χ4v) is 1.75. The SMILES string of the molecule is COC(=O)Cn1c(C(=O)OC)ccc1-c1ccco1. The molecule has 0 atom stereocenters. The van der Waals surface area contributed by atoms with Crippen LogP contribution >= 0.6 is 0 Å². The Hall–Kier alpha value is -2.50. The molecule has 0 unspecified atom stereocenters. The van der Waals surface area contributed by atoms with Gasteiger partial charge in [-0.15, -0.1) is 0 Å². The molecule has 0 aromatic carbocycles. The summed E-state index contributed by atoms with van der Waals surface area (Å²) in [6.07, 6.45) is 1.52. The van der Waals surface area contributed by atoms with Crippen LogP contribution < -0.4 is 0 Å². The topological polar surface area (TPSA) is 70.7 Å². The Morgan fingerprint density at radius 3 is 2.58 bits per heavy atom. The minimum absolute atomic E-state index is 0.0933. The van der Waals surface area contributed by atoms with Crippen LogP contribution in [0.3, 0.4) is 0 Å².